The summed E-state index contributed by atoms with van der Waals surface area (Å²) in [6.45, 7) is 6.05. The second-order valence-electron chi connectivity index (χ2n) is 5.66. The van der Waals surface area contributed by atoms with Crippen LogP contribution in [0.25, 0.3) is 0 Å². The summed E-state index contributed by atoms with van der Waals surface area (Å²) < 4.78 is 0. The third-order valence-corrected chi connectivity index (χ3v) is 4.19. The fourth-order valence-electron chi connectivity index (χ4n) is 3.47. The summed E-state index contributed by atoms with van der Waals surface area (Å²) in [4.78, 5) is 16.3. The van der Waals surface area contributed by atoms with Gasteiger partial charge in [0.2, 0.25) is 0 Å². The SMILES string of the molecule is CC(=O)C1NC2Nc3cccnc3C2C1C(C)C. The van der Waals surface area contributed by atoms with Crippen LogP contribution in [-0.2, 0) is 4.79 Å². The summed E-state index contributed by atoms with van der Waals surface area (Å²) in [5.41, 5.74) is 2.21. The minimum Gasteiger partial charge on any atom is -0.368 e. The van der Waals surface area contributed by atoms with Gasteiger partial charge < -0.3 is 5.32 Å². The highest BCUT2D eigenvalue weighted by molar-refractivity contribution is 5.83. The van der Waals surface area contributed by atoms with Crippen molar-refractivity contribution in [2.75, 3.05) is 5.32 Å². The number of hydrogen-bond donors (Lipinski definition) is 2. The Morgan fingerprint density at radius 2 is 2.22 bits per heavy atom. The number of hydrogen-bond acceptors (Lipinski definition) is 4. The van der Waals surface area contributed by atoms with Gasteiger partial charge >= 0.3 is 0 Å². The molecule has 1 saturated heterocycles. The highest BCUT2D eigenvalue weighted by Crippen LogP contribution is 2.46. The van der Waals surface area contributed by atoms with Crippen LogP contribution in [-0.4, -0.2) is 23.0 Å². The molecule has 2 aliphatic rings. The largest absolute Gasteiger partial charge is 0.368 e. The molecule has 96 valence electrons. The van der Waals surface area contributed by atoms with Crippen molar-refractivity contribution in [2.24, 2.45) is 11.8 Å². The standard InChI is InChI=1S/C14H19N3O/c1-7(2)10-11-13-9(5-4-6-15-13)16-14(11)17-12(10)8(3)18/h4-7,10-12,14,16-17H,1-3H3. The van der Waals surface area contributed by atoms with E-state index in [-0.39, 0.29) is 18.0 Å². The van der Waals surface area contributed by atoms with E-state index in [1.165, 1.54) is 0 Å². The van der Waals surface area contributed by atoms with Gasteiger partial charge in [-0.3, -0.25) is 15.1 Å². The lowest BCUT2D eigenvalue weighted by Crippen LogP contribution is -2.40. The number of carbonyl (C=O) groups excluding carboxylic acids is 1. The number of carbonyl (C=O) groups is 1. The number of fused-ring (bicyclic) bond motifs is 3. The van der Waals surface area contributed by atoms with E-state index >= 15 is 0 Å². The van der Waals surface area contributed by atoms with Crippen LogP contribution in [0.4, 0.5) is 5.69 Å². The topological polar surface area (TPSA) is 54.0 Å². The fraction of sp³-hybridized carbons (Fsp3) is 0.571. The first-order valence-electron chi connectivity index (χ1n) is 6.57. The van der Waals surface area contributed by atoms with Crippen molar-refractivity contribution in [1.82, 2.24) is 10.3 Å². The van der Waals surface area contributed by atoms with E-state index in [4.69, 9.17) is 0 Å². The first-order chi connectivity index (χ1) is 8.59. The lowest BCUT2D eigenvalue weighted by molar-refractivity contribution is -0.119. The van der Waals surface area contributed by atoms with Crippen molar-refractivity contribution in [3.05, 3.63) is 24.0 Å². The van der Waals surface area contributed by atoms with Crippen molar-refractivity contribution in [2.45, 2.75) is 38.9 Å². The highest BCUT2D eigenvalue weighted by atomic mass is 16.1. The molecule has 3 heterocycles. The maximum absolute atomic E-state index is 11.8. The first-order valence-corrected chi connectivity index (χ1v) is 6.57. The zero-order valence-electron chi connectivity index (χ0n) is 11.0. The fourth-order valence-corrected chi connectivity index (χ4v) is 3.47. The van der Waals surface area contributed by atoms with Gasteiger partial charge in [0.25, 0.3) is 0 Å². The Kier molecular flexibility index (Phi) is 2.63. The molecule has 0 aliphatic carbocycles. The molecular weight excluding hydrogens is 226 g/mol. The number of aromatic nitrogens is 1. The molecule has 0 aromatic carbocycles. The first kappa shape index (κ1) is 11.7. The van der Waals surface area contributed by atoms with Crippen molar-refractivity contribution < 1.29 is 4.79 Å². The number of Topliss-reactive ketones (excluding diaryl/α,β-unsaturated/α-hetero) is 1. The van der Waals surface area contributed by atoms with Crippen molar-refractivity contribution in [3.8, 4) is 0 Å². The summed E-state index contributed by atoms with van der Waals surface area (Å²) in [6.07, 6.45) is 1.98. The minimum atomic E-state index is -0.0531. The van der Waals surface area contributed by atoms with E-state index in [2.05, 4.69) is 35.5 Å². The van der Waals surface area contributed by atoms with Gasteiger partial charge in [-0.05, 0) is 30.9 Å². The van der Waals surface area contributed by atoms with Gasteiger partial charge in [0.1, 0.15) is 5.78 Å². The van der Waals surface area contributed by atoms with Crippen molar-refractivity contribution in [3.63, 3.8) is 0 Å². The van der Waals surface area contributed by atoms with E-state index in [0.717, 1.165) is 11.4 Å². The molecule has 4 unspecified atom stereocenters. The van der Waals surface area contributed by atoms with E-state index in [9.17, 15) is 4.79 Å². The van der Waals surface area contributed by atoms with Gasteiger partial charge in [0.05, 0.1) is 23.6 Å². The van der Waals surface area contributed by atoms with E-state index < -0.39 is 0 Å². The molecule has 2 aliphatic heterocycles. The van der Waals surface area contributed by atoms with Crippen LogP contribution in [0, 0.1) is 11.8 Å². The molecule has 4 atom stereocenters. The second-order valence-corrected chi connectivity index (χ2v) is 5.66. The molecule has 4 nitrogen and oxygen atoms in total. The van der Waals surface area contributed by atoms with E-state index in [1.807, 2.05) is 12.3 Å². The predicted octanol–water partition coefficient (Wildman–Crippen LogP) is 1.75. The summed E-state index contributed by atoms with van der Waals surface area (Å²) in [5, 5.41) is 6.87. The molecule has 1 fully saturated rings. The van der Waals surface area contributed by atoms with Gasteiger partial charge in [-0.25, -0.2) is 0 Å². The normalized spacial score (nSPS) is 33.1. The predicted molar refractivity (Wildman–Crippen MR) is 70.3 cm³/mol. The lowest BCUT2D eigenvalue weighted by Gasteiger charge is -2.25. The molecule has 1 aromatic rings. The molecule has 0 spiro atoms. The maximum Gasteiger partial charge on any atom is 0.147 e. The minimum absolute atomic E-state index is 0.0531. The number of nitrogens with one attached hydrogen (secondary N) is 2. The van der Waals surface area contributed by atoms with Gasteiger partial charge in [-0.2, -0.15) is 0 Å². The average molecular weight is 245 g/mol. The molecular formula is C14H19N3O. The smallest absolute Gasteiger partial charge is 0.147 e. The highest BCUT2D eigenvalue weighted by Gasteiger charge is 2.51. The van der Waals surface area contributed by atoms with Crippen LogP contribution in [0.2, 0.25) is 0 Å². The Morgan fingerprint density at radius 3 is 2.89 bits per heavy atom. The average Bonchev–Trinajstić information content (AvgIpc) is 2.83. The van der Waals surface area contributed by atoms with Crippen LogP contribution in [0.15, 0.2) is 18.3 Å². The number of nitrogens with zero attached hydrogens (tertiary/aromatic N) is 1. The van der Waals surface area contributed by atoms with E-state index in [0.29, 0.717) is 17.8 Å². The van der Waals surface area contributed by atoms with Gasteiger partial charge in [0.15, 0.2) is 0 Å². The maximum atomic E-state index is 11.8. The Hall–Kier alpha value is -1.42. The Bertz CT molecular complexity index is 486. The van der Waals surface area contributed by atoms with Crippen LogP contribution < -0.4 is 10.6 Å². The summed E-state index contributed by atoms with van der Waals surface area (Å²) in [6, 6.07) is 3.95. The van der Waals surface area contributed by atoms with E-state index in [1.54, 1.807) is 6.92 Å². The van der Waals surface area contributed by atoms with Crippen molar-refractivity contribution >= 4 is 11.5 Å². The van der Waals surface area contributed by atoms with Gasteiger partial charge in [-0.1, -0.05) is 13.8 Å². The molecule has 2 N–H and O–H groups in total. The third-order valence-electron chi connectivity index (χ3n) is 4.19. The number of anilines is 1. The van der Waals surface area contributed by atoms with Crippen LogP contribution in [0.5, 0.6) is 0 Å². The monoisotopic (exact) mass is 245 g/mol. The third kappa shape index (κ3) is 1.56. The zero-order chi connectivity index (χ0) is 12.9. The number of pyridine rings is 1. The Labute approximate surface area is 107 Å². The summed E-state index contributed by atoms with van der Waals surface area (Å²) in [7, 11) is 0. The molecule has 0 saturated carbocycles. The number of ketones is 1. The second kappa shape index (κ2) is 4.05. The van der Waals surface area contributed by atoms with Crippen LogP contribution in [0.3, 0.4) is 0 Å². The number of rotatable bonds is 2. The van der Waals surface area contributed by atoms with Gasteiger partial charge in [-0.15, -0.1) is 0 Å². The Balaban J connectivity index is 2.01. The Morgan fingerprint density at radius 1 is 1.44 bits per heavy atom. The molecule has 0 amide bonds. The van der Waals surface area contributed by atoms with Crippen molar-refractivity contribution in [1.29, 1.82) is 0 Å². The molecule has 4 heteroatoms. The molecule has 1 aromatic heterocycles. The molecule has 3 rings (SSSR count). The van der Waals surface area contributed by atoms with Crippen LogP contribution in [0.1, 0.15) is 32.4 Å². The zero-order valence-corrected chi connectivity index (χ0v) is 11.0. The summed E-state index contributed by atoms with van der Waals surface area (Å²) in [5.74, 6) is 1.30. The van der Waals surface area contributed by atoms with Gasteiger partial charge in [0, 0.05) is 12.1 Å². The quantitative estimate of drug-likeness (QED) is 0.833. The lowest BCUT2D eigenvalue weighted by atomic mass is 9.78. The molecule has 0 radical (unpaired) electrons. The molecule has 0 bridgehead atoms. The summed E-state index contributed by atoms with van der Waals surface area (Å²) >= 11 is 0. The molecule has 18 heavy (non-hydrogen) atoms. The van der Waals surface area contributed by atoms with Crippen LogP contribution >= 0.6 is 0 Å².